The minimum absolute atomic E-state index is 0.129. The van der Waals surface area contributed by atoms with Crippen molar-refractivity contribution in [2.75, 3.05) is 19.6 Å². The average Bonchev–Trinajstić information content (AvgIpc) is 3.64. The van der Waals surface area contributed by atoms with Gasteiger partial charge >= 0.3 is 0 Å². The van der Waals surface area contributed by atoms with Crippen LogP contribution in [-0.4, -0.2) is 47.4 Å². The molecule has 0 radical (unpaired) electrons. The van der Waals surface area contributed by atoms with Gasteiger partial charge in [0.25, 0.3) is 11.8 Å². The SMILES string of the molecule is CCCN(CCC)C(=O)c1cc(C(=O)NC(Cc2cc(F)cc(F)c2)[C@H](C)CNC2(c3cccc(Br)c3)CC2)cc(-c2ncco2)c1. The second-order valence-electron chi connectivity index (χ2n) is 12.4. The molecule has 0 aliphatic heterocycles. The normalized spacial score (nSPS) is 14.8. The van der Waals surface area contributed by atoms with Gasteiger partial charge in [0.05, 0.1) is 6.20 Å². The molecule has 2 N–H and O–H groups in total. The monoisotopic (exact) mass is 706 g/mol. The van der Waals surface area contributed by atoms with E-state index in [-0.39, 0.29) is 35.2 Å². The molecule has 248 valence electrons. The van der Waals surface area contributed by atoms with Crippen molar-refractivity contribution >= 4 is 27.7 Å². The van der Waals surface area contributed by atoms with Gasteiger partial charge in [0, 0.05) is 58.4 Å². The Labute approximate surface area is 283 Å². The first-order valence-corrected chi connectivity index (χ1v) is 17.0. The molecule has 4 aromatic rings. The second-order valence-corrected chi connectivity index (χ2v) is 13.4. The fourth-order valence-corrected chi connectivity index (χ4v) is 6.41. The van der Waals surface area contributed by atoms with Crippen LogP contribution in [0.3, 0.4) is 0 Å². The minimum Gasteiger partial charge on any atom is -0.445 e. The fraction of sp³-hybridized carbons (Fsp3) is 0.378. The molecule has 47 heavy (non-hydrogen) atoms. The van der Waals surface area contributed by atoms with Gasteiger partial charge in [-0.05, 0) is 91.6 Å². The summed E-state index contributed by atoms with van der Waals surface area (Å²) in [4.78, 5) is 33.7. The number of hydrogen-bond acceptors (Lipinski definition) is 5. The molecular weight excluding hydrogens is 666 g/mol. The van der Waals surface area contributed by atoms with Gasteiger partial charge in [-0.2, -0.15) is 0 Å². The van der Waals surface area contributed by atoms with Crippen LogP contribution < -0.4 is 10.6 Å². The number of amides is 2. The summed E-state index contributed by atoms with van der Waals surface area (Å²) in [7, 11) is 0. The third kappa shape index (κ3) is 8.73. The first-order valence-electron chi connectivity index (χ1n) is 16.2. The van der Waals surface area contributed by atoms with Crippen LogP contribution in [0.2, 0.25) is 0 Å². The highest BCUT2D eigenvalue weighted by molar-refractivity contribution is 9.10. The van der Waals surface area contributed by atoms with Crippen LogP contribution in [0.25, 0.3) is 11.5 Å². The Morgan fingerprint density at radius 1 is 1.00 bits per heavy atom. The van der Waals surface area contributed by atoms with E-state index in [1.165, 1.54) is 30.2 Å². The zero-order valence-corrected chi connectivity index (χ0v) is 28.6. The van der Waals surface area contributed by atoms with E-state index < -0.39 is 23.6 Å². The molecule has 1 saturated carbocycles. The Kier molecular flexibility index (Phi) is 11.2. The maximum Gasteiger partial charge on any atom is 0.253 e. The lowest BCUT2D eigenvalue weighted by molar-refractivity contribution is 0.0755. The number of carbonyl (C=O) groups excluding carboxylic acids is 2. The van der Waals surface area contributed by atoms with Gasteiger partial charge in [-0.3, -0.25) is 9.59 Å². The number of hydrogen-bond donors (Lipinski definition) is 2. The van der Waals surface area contributed by atoms with Gasteiger partial charge in [0.2, 0.25) is 5.89 Å². The summed E-state index contributed by atoms with van der Waals surface area (Å²) in [5.74, 6) is -1.77. The number of aromatic nitrogens is 1. The smallest absolute Gasteiger partial charge is 0.253 e. The van der Waals surface area contributed by atoms with Crippen LogP contribution in [0.4, 0.5) is 8.78 Å². The van der Waals surface area contributed by atoms with Gasteiger partial charge in [-0.1, -0.05) is 48.8 Å². The van der Waals surface area contributed by atoms with E-state index in [9.17, 15) is 18.4 Å². The van der Waals surface area contributed by atoms with Crippen molar-refractivity contribution in [1.29, 1.82) is 0 Å². The molecule has 10 heteroatoms. The van der Waals surface area contributed by atoms with E-state index in [0.717, 1.165) is 36.2 Å². The summed E-state index contributed by atoms with van der Waals surface area (Å²) < 4.78 is 35.0. The predicted octanol–water partition coefficient (Wildman–Crippen LogP) is 7.90. The van der Waals surface area contributed by atoms with Crippen molar-refractivity contribution in [3.8, 4) is 11.5 Å². The molecule has 1 fully saturated rings. The van der Waals surface area contributed by atoms with E-state index in [1.54, 1.807) is 23.1 Å². The molecule has 7 nitrogen and oxygen atoms in total. The van der Waals surface area contributed by atoms with Gasteiger partial charge in [0.1, 0.15) is 17.9 Å². The minimum atomic E-state index is -0.673. The lowest BCUT2D eigenvalue weighted by Crippen LogP contribution is -2.46. The summed E-state index contributed by atoms with van der Waals surface area (Å²) in [6, 6.07) is 16.1. The average molecular weight is 708 g/mol. The lowest BCUT2D eigenvalue weighted by Gasteiger charge is -2.28. The summed E-state index contributed by atoms with van der Waals surface area (Å²) in [5.41, 5.74) is 2.60. The van der Waals surface area contributed by atoms with E-state index >= 15 is 0 Å². The molecule has 1 aromatic heterocycles. The van der Waals surface area contributed by atoms with E-state index in [0.29, 0.717) is 36.3 Å². The molecule has 1 aliphatic carbocycles. The van der Waals surface area contributed by atoms with Crippen molar-refractivity contribution in [3.05, 3.63) is 111 Å². The van der Waals surface area contributed by atoms with Crippen LogP contribution in [0, 0.1) is 17.6 Å². The first-order chi connectivity index (χ1) is 22.6. The molecule has 0 spiro atoms. The Balaban J connectivity index is 1.43. The third-order valence-electron chi connectivity index (χ3n) is 8.67. The molecule has 0 bridgehead atoms. The second kappa shape index (κ2) is 15.3. The summed E-state index contributed by atoms with van der Waals surface area (Å²) in [5, 5.41) is 6.85. The van der Waals surface area contributed by atoms with Gasteiger partial charge in [-0.15, -0.1) is 0 Å². The highest BCUT2D eigenvalue weighted by Gasteiger charge is 2.44. The van der Waals surface area contributed by atoms with Gasteiger partial charge < -0.3 is 20.0 Å². The molecule has 3 aromatic carbocycles. The Morgan fingerprint density at radius 3 is 2.32 bits per heavy atom. The highest BCUT2D eigenvalue weighted by atomic mass is 79.9. The molecule has 5 rings (SSSR count). The largest absolute Gasteiger partial charge is 0.445 e. The summed E-state index contributed by atoms with van der Waals surface area (Å²) >= 11 is 3.57. The van der Waals surface area contributed by atoms with Crippen molar-refractivity contribution in [3.63, 3.8) is 0 Å². The molecular formula is C37H41BrF2N4O3. The van der Waals surface area contributed by atoms with Crippen molar-refractivity contribution in [2.24, 2.45) is 5.92 Å². The van der Waals surface area contributed by atoms with E-state index in [1.807, 2.05) is 32.9 Å². The zero-order chi connectivity index (χ0) is 33.6. The number of nitrogens with zero attached hydrogens (tertiary/aromatic N) is 2. The zero-order valence-electron chi connectivity index (χ0n) is 27.0. The van der Waals surface area contributed by atoms with Gasteiger partial charge in [0.15, 0.2) is 0 Å². The van der Waals surface area contributed by atoms with Crippen LogP contribution in [-0.2, 0) is 12.0 Å². The number of carbonyl (C=O) groups is 2. The summed E-state index contributed by atoms with van der Waals surface area (Å²) in [6.45, 7) is 7.78. The number of halogens is 3. The van der Waals surface area contributed by atoms with E-state index in [4.69, 9.17) is 4.42 Å². The van der Waals surface area contributed by atoms with Crippen LogP contribution in [0.1, 0.15) is 78.3 Å². The van der Waals surface area contributed by atoms with Crippen LogP contribution >= 0.6 is 15.9 Å². The Morgan fingerprint density at radius 2 is 1.70 bits per heavy atom. The molecule has 1 aliphatic rings. The maximum absolute atomic E-state index is 14.2. The van der Waals surface area contributed by atoms with Crippen molar-refractivity contribution in [1.82, 2.24) is 20.5 Å². The Bertz CT molecular complexity index is 1670. The summed E-state index contributed by atoms with van der Waals surface area (Å²) in [6.07, 6.45) is 6.73. The van der Waals surface area contributed by atoms with E-state index in [2.05, 4.69) is 43.7 Å². The molecule has 2 amide bonds. The third-order valence-corrected chi connectivity index (χ3v) is 9.16. The van der Waals surface area contributed by atoms with Crippen LogP contribution in [0.5, 0.6) is 0 Å². The Hall–Kier alpha value is -3.89. The molecule has 2 atom stereocenters. The number of benzene rings is 3. The topological polar surface area (TPSA) is 87.5 Å². The molecule has 1 heterocycles. The van der Waals surface area contributed by atoms with Crippen molar-refractivity contribution in [2.45, 2.75) is 64.5 Å². The standard InChI is InChI=1S/C37H41BrF2N4O3/c1-4-12-44(13-5-2)36(46)28-19-26(18-27(20-28)35-41-11-14-47-35)34(45)43-33(17-25-15-31(39)22-32(40)16-25)24(3)23-42-37(9-10-37)29-7-6-8-30(38)21-29/h6-8,11,14-16,18-22,24,33,42H,4-5,9-10,12-13,17,23H2,1-3H3,(H,43,45)/t24-,33?/m1/s1. The predicted molar refractivity (Wildman–Crippen MR) is 182 cm³/mol. The quantitative estimate of drug-likeness (QED) is 0.131. The fourth-order valence-electron chi connectivity index (χ4n) is 6.02. The number of rotatable bonds is 15. The van der Waals surface area contributed by atoms with Crippen LogP contribution in [0.15, 0.2) is 82.0 Å². The van der Waals surface area contributed by atoms with Crippen molar-refractivity contribution < 1.29 is 22.8 Å². The lowest BCUT2D eigenvalue weighted by atomic mass is 9.93. The number of oxazole rings is 1. The first kappa shape index (κ1) is 34.4. The number of nitrogens with one attached hydrogen (secondary N) is 2. The molecule has 0 saturated heterocycles. The van der Waals surface area contributed by atoms with Gasteiger partial charge in [-0.25, -0.2) is 13.8 Å². The molecule has 1 unspecified atom stereocenters. The maximum atomic E-state index is 14.2. The highest BCUT2D eigenvalue weighted by Crippen LogP contribution is 2.46.